The molecule has 0 fully saturated rings. The molecule has 0 atom stereocenters. The predicted octanol–water partition coefficient (Wildman–Crippen LogP) is 4.27. The Morgan fingerprint density at radius 1 is 1.10 bits per heavy atom. The van der Waals surface area contributed by atoms with E-state index in [1.807, 2.05) is 43.3 Å². The van der Waals surface area contributed by atoms with Crippen LogP contribution in [0.4, 0.5) is 0 Å². The fourth-order valence-corrected chi connectivity index (χ4v) is 2.76. The second kappa shape index (κ2) is 5.37. The summed E-state index contributed by atoms with van der Waals surface area (Å²) in [5.41, 5.74) is 3.50. The number of hydrogen-bond acceptors (Lipinski definition) is 2. The molecule has 1 N–H and O–H groups in total. The molecule has 1 aromatic heterocycles. The van der Waals surface area contributed by atoms with Gasteiger partial charge >= 0.3 is 0 Å². The molecule has 0 aliphatic rings. The van der Waals surface area contributed by atoms with E-state index in [-0.39, 0.29) is 5.43 Å². The lowest BCUT2D eigenvalue weighted by molar-refractivity contribution is 0.416. The number of methoxy groups -OCH3 is 1. The molecule has 0 spiro atoms. The fraction of sp³-hybridized carbons (Fsp3) is 0.118. The van der Waals surface area contributed by atoms with Gasteiger partial charge in [-0.15, -0.1) is 0 Å². The first-order chi connectivity index (χ1) is 10.1. The molecule has 4 heteroatoms. The Hall–Kier alpha value is -2.07. The molecule has 0 aliphatic heterocycles. The van der Waals surface area contributed by atoms with Crippen molar-refractivity contribution in [2.45, 2.75) is 6.92 Å². The van der Waals surface area contributed by atoms with Gasteiger partial charge in [0, 0.05) is 27.0 Å². The number of aromatic amines is 1. The van der Waals surface area contributed by atoms with Crippen molar-refractivity contribution in [2.24, 2.45) is 0 Å². The van der Waals surface area contributed by atoms with Gasteiger partial charge in [0.2, 0.25) is 0 Å². The summed E-state index contributed by atoms with van der Waals surface area (Å²) in [5, 5.41) is 0.702. The first-order valence-corrected chi connectivity index (χ1v) is 7.35. The summed E-state index contributed by atoms with van der Waals surface area (Å²) < 4.78 is 6.32. The van der Waals surface area contributed by atoms with Gasteiger partial charge in [-0.2, -0.15) is 0 Å². The van der Waals surface area contributed by atoms with Crippen molar-refractivity contribution in [3.63, 3.8) is 0 Å². The van der Waals surface area contributed by atoms with Crippen molar-refractivity contribution in [1.29, 1.82) is 0 Å². The Kier molecular flexibility index (Phi) is 3.55. The highest BCUT2D eigenvalue weighted by Gasteiger charge is 2.10. The number of nitrogens with one attached hydrogen (secondary N) is 1. The van der Waals surface area contributed by atoms with Crippen molar-refractivity contribution in [3.8, 4) is 17.0 Å². The normalized spacial score (nSPS) is 10.8. The minimum Gasteiger partial charge on any atom is -0.496 e. The number of ether oxygens (including phenoxy) is 1. The van der Waals surface area contributed by atoms with Crippen molar-refractivity contribution in [3.05, 3.63) is 62.7 Å². The summed E-state index contributed by atoms with van der Waals surface area (Å²) in [5.74, 6) is 0.723. The van der Waals surface area contributed by atoms with E-state index in [2.05, 4.69) is 20.9 Å². The predicted molar refractivity (Wildman–Crippen MR) is 89.0 cm³/mol. The number of pyridine rings is 1. The van der Waals surface area contributed by atoms with Crippen molar-refractivity contribution in [1.82, 2.24) is 4.98 Å². The van der Waals surface area contributed by atoms with E-state index < -0.39 is 0 Å². The van der Waals surface area contributed by atoms with Gasteiger partial charge in [-0.25, -0.2) is 0 Å². The first-order valence-electron chi connectivity index (χ1n) is 6.56. The van der Waals surface area contributed by atoms with Crippen LogP contribution in [0.25, 0.3) is 22.2 Å². The molecule has 0 amide bonds. The molecule has 3 aromatic rings. The number of aromatic nitrogens is 1. The smallest absolute Gasteiger partial charge is 0.190 e. The van der Waals surface area contributed by atoms with E-state index in [9.17, 15) is 4.79 Å². The monoisotopic (exact) mass is 343 g/mol. The number of aryl methyl sites for hydroxylation is 1. The van der Waals surface area contributed by atoms with Crippen LogP contribution in [-0.4, -0.2) is 12.1 Å². The van der Waals surface area contributed by atoms with E-state index in [0.717, 1.165) is 32.6 Å². The van der Waals surface area contributed by atoms with Gasteiger partial charge in [0.25, 0.3) is 0 Å². The van der Waals surface area contributed by atoms with Gasteiger partial charge in [-0.05, 0) is 37.3 Å². The molecular weight excluding hydrogens is 330 g/mol. The third-order valence-electron chi connectivity index (χ3n) is 3.44. The third-order valence-corrected chi connectivity index (χ3v) is 3.93. The van der Waals surface area contributed by atoms with Gasteiger partial charge in [0.05, 0.1) is 12.8 Å². The summed E-state index contributed by atoms with van der Waals surface area (Å²) in [7, 11) is 1.62. The Bertz CT molecular complexity index is 884. The molecule has 0 aliphatic carbocycles. The van der Waals surface area contributed by atoms with Crippen molar-refractivity contribution < 1.29 is 4.74 Å². The van der Waals surface area contributed by atoms with Crippen molar-refractivity contribution in [2.75, 3.05) is 7.11 Å². The topological polar surface area (TPSA) is 42.1 Å². The Morgan fingerprint density at radius 3 is 2.67 bits per heavy atom. The number of rotatable bonds is 2. The van der Waals surface area contributed by atoms with Crippen LogP contribution in [0.2, 0.25) is 0 Å². The third kappa shape index (κ3) is 2.59. The molecule has 0 saturated heterocycles. The molecule has 0 saturated carbocycles. The average molecular weight is 344 g/mol. The van der Waals surface area contributed by atoms with Crippen LogP contribution in [0.1, 0.15) is 5.56 Å². The van der Waals surface area contributed by atoms with Gasteiger partial charge in [0.1, 0.15) is 5.75 Å². The Labute approximate surface area is 130 Å². The van der Waals surface area contributed by atoms with Crippen LogP contribution >= 0.6 is 15.9 Å². The van der Waals surface area contributed by atoms with Crippen LogP contribution in [0.15, 0.2) is 51.7 Å². The molecule has 1 heterocycles. The maximum Gasteiger partial charge on any atom is 0.190 e. The lowest BCUT2D eigenvalue weighted by Crippen LogP contribution is -2.03. The Balaban J connectivity index is 2.29. The van der Waals surface area contributed by atoms with Crippen LogP contribution in [0.3, 0.4) is 0 Å². The van der Waals surface area contributed by atoms with Gasteiger partial charge in [-0.3, -0.25) is 4.79 Å². The van der Waals surface area contributed by atoms with Crippen LogP contribution in [0.5, 0.6) is 5.75 Å². The molecular formula is C17H14BrNO2. The molecule has 0 unspecified atom stereocenters. The summed E-state index contributed by atoms with van der Waals surface area (Å²) in [4.78, 5) is 15.6. The number of halogens is 1. The second-order valence-electron chi connectivity index (χ2n) is 4.94. The van der Waals surface area contributed by atoms with E-state index in [4.69, 9.17) is 4.74 Å². The van der Waals surface area contributed by atoms with Crippen LogP contribution < -0.4 is 10.2 Å². The first kappa shape index (κ1) is 13.9. The Morgan fingerprint density at radius 2 is 1.90 bits per heavy atom. The van der Waals surface area contributed by atoms with E-state index in [0.29, 0.717) is 5.39 Å². The van der Waals surface area contributed by atoms with Crippen LogP contribution in [-0.2, 0) is 0 Å². The highest BCUT2D eigenvalue weighted by atomic mass is 79.9. The molecule has 3 rings (SSSR count). The standard InChI is InChI=1S/C17H14BrNO2/c1-10-3-5-14-12(7-10)16(20)9-15(19-14)13-8-11(18)4-6-17(13)21-2/h3-9H,1-2H3,(H,19,20). The van der Waals surface area contributed by atoms with E-state index >= 15 is 0 Å². The number of H-pyrrole nitrogens is 1. The summed E-state index contributed by atoms with van der Waals surface area (Å²) in [6, 6.07) is 13.1. The van der Waals surface area contributed by atoms with Crippen LogP contribution in [0, 0.1) is 6.92 Å². The minimum absolute atomic E-state index is 0.00415. The van der Waals surface area contributed by atoms with E-state index in [1.165, 1.54) is 0 Å². The zero-order valence-electron chi connectivity index (χ0n) is 11.7. The van der Waals surface area contributed by atoms with E-state index in [1.54, 1.807) is 13.2 Å². The second-order valence-corrected chi connectivity index (χ2v) is 5.86. The molecule has 0 radical (unpaired) electrons. The maximum absolute atomic E-state index is 12.3. The number of fused-ring (bicyclic) bond motifs is 1. The van der Waals surface area contributed by atoms with Gasteiger partial charge in [0.15, 0.2) is 5.43 Å². The molecule has 21 heavy (non-hydrogen) atoms. The largest absolute Gasteiger partial charge is 0.496 e. The molecule has 2 aromatic carbocycles. The number of benzene rings is 2. The van der Waals surface area contributed by atoms with Gasteiger partial charge < -0.3 is 9.72 Å². The SMILES string of the molecule is COc1ccc(Br)cc1-c1cc(=O)c2cc(C)ccc2[nH]1. The minimum atomic E-state index is 0.00415. The number of hydrogen-bond donors (Lipinski definition) is 1. The summed E-state index contributed by atoms with van der Waals surface area (Å²) in [6.45, 7) is 1.98. The van der Waals surface area contributed by atoms with Gasteiger partial charge in [-0.1, -0.05) is 27.6 Å². The molecule has 3 nitrogen and oxygen atoms in total. The maximum atomic E-state index is 12.3. The highest BCUT2D eigenvalue weighted by Crippen LogP contribution is 2.31. The summed E-state index contributed by atoms with van der Waals surface area (Å²) in [6.07, 6.45) is 0. The quantitative estimate of drug-likeness (QED) is 0.754. The van der Waals surface area contributed by atoms with Crippen molar-refractivity contribution >= 4 is 26.8 Å². The average Bonchev–Trinajstić information content (AvgIpc) is 2.47. The molecule has 106 valence electrons. The highest BCUT2D eigenvalue weighted by molar-refractivity contribution is 9.10. The molecule has 0 bridgehead atoms. The lowest BCUT2D eigenvalue weighted by Gasteiger charge is -2.10. The lowest BCUT2D eigenvalue weighted by atomic mass is 10.1. The zero-order chi connectivity index (χ0) is 15.0. The zero-order valence-corrected chi connectivity index (χ0v) is 13.3. The fourth-order valence-electron chi connectivity index (χ4n) is 2.40. The summed E-state index contributed by atoms with van der Waals surface area (Å²) >= 11 is 3.45.